The van der Waals surface area contributed by atoms with E-state index in [0.29, 0.717) is 47.5 Å². The summed E-state index contributed by atoms with van der Waals surface area (Å²) in [5.74, 6) is 0.545. The molecule has 1 N–H and O–H groups in total. The molecule has 3 aromatic rings. The summed E-state index contributed by atoms with van der Waals surface area (Å²) in [7, 11) is 0. The summed E-state index contributed by atoms with van der Waals surface area (Å²) in [6, 6.07) is 15.1. The first-order chi connectivity index (χ1) is 22.9. The highest BCUT2D eigenvalue weighted by atomic mass is 16.5. The zero-order chi connectivity index (χ0) is 37.3. The average molecular weight is 669 g/mol. The number of carbonyl (C=O) groups is 5. The lowest BCUT2D eigenvalue weighted by Crippen LogP contribution is -2.05. The Kier molecular flexibility index (Phi) is 17.7. The number of phenolic OH excluding ortho intramolecular Hbond substituents is 1. The topological polar surface area (TPSA) is 124 Å². The molecular weight excluding hydrogens is 620 g/mol. The van der Waals surface area contributed by atoms with Crippen molar-refractivity contribution >= 4 is 29.3 Å². The Balaban J connectivity index is 0.000000373. The summed E-state index contributed by atoms with van der Waals surface area (Å²) in [6.45, 7) is 18.8. The standard InChI is InChI=1S/2C15H18O3.C11H12O2/c2*1-10(2)5-6-14-9-13(11(3)16)7-8-15(14)18-12(4)17;1-3-4-10-7-9(8(2)12)5-6-11(10)13/h2*5,7-9H,6H2,1-4H3;3,5-7,13H,1,4H2,2H3. The van der Waals surface area contributed by atoms with Crippen molar-refractivity contribution in [3.63, 3.8) is 0 Å². The molecule has 0 aliphatic heterocycles. The number of Topliss-reactive ketones (excluding diaryl/α,β-unsaturated/α-hetero) is 3. The zero-order valence-electron chi connectivity index (χ0n) is 30.1. The molecule has 0 spiro atoms. The quantitative estimate of drug-likeness (QED) is 0.0929. The van der Waals surface area contributed by atoms with Gasteiger partial charge in [0.25, 0.3) is 0 Å². The fourth-order valence-electron chi connectivity index (χ4n) is 4.18. The predicted molar refractivity (Wildman–Crippen MR) is 194 cm³/mol. The molecule has 0 fully saturated rings. The molecule has 0 bridgehead atoms. The van der Waals surface area contributed by atoms with Crippen molar-refractivity contribution in [1.29, 1.82) is 0 Å². The van der Waals surface area contributed by atoms with Gasteiger partial charge in [-0.05, 0) is 139 Å². The van der Waals surface area contributed by atoms with Crippen LogP contribution in [0.25, 0.3) is 0 Å². The molecule has 0 aromatic heterocycles. The van der Waals surface area contributed by atoms with Gasteiger partial charge in [-0.15, -0.1) is 6.58 Å². The van der Waals surface area contributed by atoms with Crippen LogP contribution in [0.2, 0.25) is 0 Å². The third-order valence-electron chi connectivity index (χ3n) is 6.75. The number of allylic oxidation sites excluding steroid dienone is 5. The van der Waals surface area contributed by atoms with E-state index in [2.05, 4.69) is 6.58 Å². The third kappa shape index (κ3) is 15.9. The Morgan fingerprint density at radius 1 is 0.551 bits per heavy atom. The molecule has 0 amide bonds. The van der Waals surface area contributed by atoms with Crippen LogP contribution in [0.1, 0.15) is 110 Å². The van der Waals surface area contributed by atoms with Gasteiger partial charge in [-0.3, -0.25) is 24.0 Å². The second kappa shape index (κ2) is 20.8. The van der Waals surface area contributed by atoms with Crippen molar-refractivity contribution in [2.75, 3.05) is 0 Å². The molecule has 0 atom stereocenters. The maximum absolute atomic E-state index is 11.3. The molecule has 0 unspecified atom stereocenters. The molecule has 8 heteroatoms. The first kappa shape index (κ1) is 41.7. The van der Waals surface area contributed by atoms with Gasteiger partial charge in [0.05, 0.1) is 0 Å². The summed E-state index contributed by atoms with van der Waals surface area (Å²) >= 11 is 0. The van der Waals surface area contributed by atoms with Gasteiger partial charge >= 0.3 is 11.9 Å². The van der Waals surface area contributed by atoms with Crippen molar-refractivity contribution < 1.29 is 38.6 Å². The van der Waals surface area contributed by atoms with Gasteiger partial charge in [0.2, 0.25) is 0 Å². The normalized spacial score (nSPS) is 9.73. The maximum atomic E-state index is 11.3. The zero-order valence-corrected chi connectivity index (χ0v) is 30.1. The summed E-state index contributed by atoms with van der Waals surface area (Å²) in [5, 5.41) is 9.39. The van der Waals surface area contributed by atoms with Crippen LogP contribution in [0.5, 0.6) is 17.2 Å². The van der Waals surface area contributed by atoms with Gasteiger partial charge < -0.3 is 14.6 Å². The minimum atomic E-state index is -0.357. The number of rotatable bonds is 11. The molecule has 0 radical (unpaired) electrons. The Morgan fingerprint density at radius 3 is 1.20 bits per heavy atom. The van der Waals surface area contributed by atoms with Crippen LogP contribution >= 0.6 is 0 Å². The lowest BCUT2D eigenvalue weighted by Gasteiger charge is -2.09. The highest BCUT2D eigenvalue weighted by Gasteiger charge is 2.10. The van der Waals surface area contributed by atoms with E-state index < -0.39 is 0 Å². The Hall–Kier alpha value is -5.37. The molecule has 260 valence electrons. The molecular formula is C41H48O8. The number of phenols is 1. The fourth-order valence-corrected chi connectivity index (χ4v) is 4.18. The SMILES string of the molecule is C=CCc1cc(C(C)=O)ccc1O.CC(=O)Oc1ccc(C(C)=O)cc1CC=C(C)C.CC(=O)Oc1ccc(C(C)=O)cc1CC=C(C)C. The van der Waals surface area contributed by atoms with Gasteiger partial charge in [0, 0.05) is 30.5 Å². The van der Waals surface area contributed by atoms with E-state index in [0.717, 1.165) is 16.7 Å². The van der Waals surface area contributed by atoms with E-state index in [1.807, 2.05) is 39.8 Å². The predicted octanol–water partition coefficient (Wildman–Crippen LogP) is 8.97. The number of carbonyl (C=O) groups excluding carboxylic acids is 5. The molecule has 3 rings (SSSR count). The number of benzene rings is 3. The lowest BCUT2D eigenvalue weighted by atomic mass is 10.0. The molecule has 3 aromatic carbocycles. The van der Waals surface area contributed by atoms with Gasteiger partial charge in [-0.2, -0.15) is 0 Å². The van der Waals surface area contributed by atoms with E-state index in [-0.39, 0.29) is 35.0 Å². The van der Waals surface area contributed by atoms with Crippen LogP contribution in [0.15, 0.2) is 90.6 Å². The van der Waals surface area contributed by atoms with E-state index in [1.165, 1.54) is 51.8 Å². The Bertz CT molecular complexity index is 1640. The number of aromatic hydroxyl groups is 1. The molecule has 0 heterocycles. The van der Waals surface area contributed by atoms with Crippen molar-refractivity contribution in [3.05, 3.63) is 124 Å². The fraction of sp³-hybridized carbons (Fsp3) is 0.293. The summed E-state index contributed by atoms with van der Waals surface area (Å²) in [5.41, 5.74) is 6.66. The van der Waals surface area contributed by atoms with E-state index in [1.54, 1.807) is 54.6 Å². The second-order valence-corrected chi connectivity index (χ2v) is 11.8. The smallest absolute Gasteiger partial charge is 0.308 e. The Morgan fingerprint density at radius 2 is 0.898 bits per heavy atom. The van der Waals surface area contributed by atoms with Crippen LogP contribution in [0.3, 0.4) is 0 Å². The molecule has 49 heavy (non-hydrogen) atoms. The molecule has 0 saturated carbocycles. The molecule has 0 saturated heterocycles. The van der Waals surface area contributed by atoms with Crippen molar-refractivity contribution in [2.45, 2.75) is 81.6 Å². The number of hydrogen-bond acceptors (Lipinski definition) is 8. The van der Waals surface area contributed by atoms with E-state index in [9.17, 15) is 29.1 Å². The number of ketones is 3. The molecule has 8 nitrogen and oxygen atoms in total. The summed E-state index contributed by atoms with van der Waals surface area (Å²) < 4.78 is 10.3. The summed E-state index contributed by atoms with van der Waals surface area (Å²) in [6.07, 6.45) is 7.63. The number of esters is 2. The van der Waals surface area contributed by atoms with Crippen LogP contribution in [0, 0.1) is 0 Å². The number of ether oxygens (including phenoxy) is 2. The first-order valence-corrected chi connectivity index (χ1v) is 15.8. The highest BCUT2D eigenvalue weighted by molar-refractivity contribution is 5.95. The van der Waals surface area contributed by atoms with E-state index >= 15 is 0 Å². The number of hydrogen-bond donors (Lipinski definition) is 1. The van der Waals surface area contributed by atoms with Crippen molar-refractivity contribution in [3.8, 4) is 17.2 Å². The highest BCUT2D eigenvalue weighted by Crippen LogP contribution is 2.24. The average Bonchev–Trinajstić information content (AvgIpc) is 3.01. The largest absolute Gasteiger partial charge is 0.508 e. The molecule has 0 aliphatic carbocycles. The maximum Gasteiger partial charge on any atom is 0.308 e. The van der Waals surface area contributed by atoms with Crippen LogP contribution in [-0.4, -0.2) is 34.4 Å². The van der Waals surface area contributed by atoms with Crippen LogP contribution in [0.4, 0.5) is 0 Å². The second-order valence-electron chi connectivity index (χ2n) is 11.8. The van der Waals surface area contributed by atoms with Gasteiger partial charge in [-0.1, -0.05) is 29.4 Å². The van der Waals surface area contributed by atoms with Crippen molar-refractivity contribution in [1.82, 2.24) is 0 Å². The van der Waals surface area contributed by atoms with Crippen LogP contribution in [-0.2, 0) is 28.9 Å². The summed E-state index contributed by atoms with van der Waals surface area (Å²) in [4.78, 5) is 55.7. The van der Waals surface area contributed by atoms with Gasteiger partial charge in [-0.25, -0.2) is 0 Å². The minimum Gasteiger partial charge on any atom is -0.508 e. The lowest BCUT2D eigenvalue weighted by molar-refractivity contribution is -0.132. The minimum absolute atomic E-state index is 0.00262. The van der Waals surface area contributed by atoms with Gasteiger partial charge in [0.1, 0.15) is 17.2 Å². The van der Waals surface area contributed by atoms with Gasteiger partial charge in [0.15, 0.2) is 17.3 Å². The van der Waals surface area contributed by atoms with E-state index in [4.69, 9.17) is 9.47 Å². The van der Waals surface area contributed by atoms with Crippen molar-refractivity contribution in [2.24, 2.45) is 0 Å². The van der Waals surface area contributed by atoms with Crippen LogP contribution < -0.4 is 9.47 Å². The first-order valence-electron chi connectivity index (χ1n) is 15.8. The third-order valence-corrected chi connectivity index (χ3v) is 6.75. The molecule has 0 aliphatic rings. The monoisotopic (exact) mass is 668 g/mol. The Labute approximate surface area is 290 Å².